The average molecular weight is 502 g/mol. The molecule has 2 aromatic rings. The Balaban J connectivity index is 1.24. The number of sulfone groups is 1. The third-order valence-electron chi connectivity index (χ3n) is 6.81. The van der Waals surface area contributed by atoms with Crippen molar-refractivity contribution >= 4 is 27.4 Å². The number of pyridine rings is 1. The van der Waals surface area contributed by atoms with E-state index < -0.39 is 9.84 Å². The van der Waals surface area contributed by atoms with Gasteiger partial charge in [0.2, 0.25) is 5.88 Å². The van der Waals surface area contributed by atoms with Crippen LogP contribution in [-0.4, -0.2) is 63.9 Å². The second kappa shape index (κ2) is 9.25. The highest BCUT2D eigenvalue weighted by atomic mass is 32.2. The molecule has 4 heterocycles. The Hall–Kier alpha value is -2.95. The first kappa shape index (κ1) is 23.8. The summed E-state index contributed by atoms with van der Waals surface area (Å²) in [4.78, 5) is 27.2. The van der Waals surface area contributed by atoms with Gasteiger partial charge in [-0.25, -0.2) is 28.2 Å². The van der Waals surface area contributed by atoms with Crippen LogP contribution in [0.25, 0.3) is 0 Å². The molecule has 0 spiro atoms. The van der Waals surface area contributed by atoms with Gasteiger partial charge >= 0.3 is 6.09 Å². The van der Waals surface area contributed by atoms with Crippen molar-refractivity contribution in [2.45, 2.75) is 93.9 Å². The molecule has 2 bridgehead atoms. The lowest BCUT2D eigenvalue weighted by Crippen LogP contribution is -2.50. The summed E-state index contributed by atoms with van der Waals surface area (Å²) in [5, 5.41) is 3.00. The highest BCUT2D eigenvalue weighted by Crippen LogP contribution is 2.38. The van der Waals surface area contributed by atoms with E-state index in [0.717, 1.165) is 31.2 Å². The van der Waals surface area contributed by atoms with E-state index >= 15 is 0 Å². The van der Waals surface area contributed by atoms with Gasteiger partial charge in [-0.1, -0.05) is 0 Å². The maximum absolute atomic E-state index is 12.5. The lowest BCUT2D eigenvalue weighted by Gasteiger charge is -2.38. The van der Waals surface area contributed by atoms with Crippen LogP contribution in [0.1, 0.15) is 57.9 Å². The molecule has 0 aromatic carbocycles. The van der Waals surface area contributed by atoms with Gasteiger partial charge in [0.1, 0.15) is 18.2 Å². The standard InChI is InChI=1S/C24H31N5O5S/c1-14(2)33-24(30)29-17-5-6-18(29)11-19(10-17)34-23-15(3)22(26-13-27-23)28-16-4-9-21(25-12-16)35(31,32)20-7-8-20/h4,9,12-14,17-20H,5-8,10-11H2,1-3H3,(H,26,27,28)/t17-,18?,19+/m0/s1. The van der Waals surface area contributed by atoms with E-state index in [0.29, 0.717) is 30.2 Å². The number of aromatic nitrogens is 3. The number of piperidine rings is 1. The molecule has 1 unspecified atom stereocenters. The monoisotopic (exact) mass is 501 g/mol. The Morgan fingerprint density at radius 2 is 1.80 bits per heavy atom. The number of nitrogens with one attached hydrogen (secondary N) is 1. The van der Waals surface area contributed by atoms with Crippen LogP contribution in [0.5, 0.6) is 5.88 Å². The zero-order valence-electron chi connectivity index (χ0n) is 20.2. The molecule has 1 aliphatic carbocycles. The zero-order chi connectivity index (χ0) is 24.7. The van der Waals surface area contributed by atoms with Crippen LogP contribution in [-0.2, 0) is 14.6 Å². The van der Waals surface area contributed by atoms with Crippen LogP contribution in [0.15, 0.2) is 29.7 Å². The predicted octanol–water partition coefficient (Wildman–Crippen LogP) is 3.78. The highest BCUT2D eigenvalue weighted by molar-refractivity contribution is 7.92. The number of hydrogen-bond donors (Lipinski definition) is 1. The van der Waals surface area contributed by atoms with E-state index in [-0.39, 0.29) is 40.7 Å². The number of nitrogens with zero attached hydrogens (tertiary/aromatic N) is 4. The molecule has 2 saturated heterocycles. The predicted molar refractivity (Wildman–Crippen MR) is 128 cm³/mol. The van der Waals surface area contributed by atoms with Gasteiger partial charge in [-0.15, -0.1) is 0 Å². The van der Waals surface area contributed by atoms with Crippen LogP contribution in [0, 0.1) is 6.92 Å². The zero-order valence-corrected chi connectivity index (χ0v) is 21.0. The first-order valence-electron chi connectivity index (χ1n) is 12.2. The smallest absolute Gasteiger partial charge is 0.410 e. The lowest BCUT2D eigenvalue weighted by atomic mass is 10.0. The Morgan fingerprint density at radius 1 is 1.09 bits per heavy atom. The molecule has 5 rings (SSSR count). The Labute approximate surface area is 205 Å². The normalized spacial score (nSPS) is 23.9. The second-order valence-electron chi connectivity index (χ2n) is 9.84. The molecular formula is C24H31N5O5S. The minimum atomic E-state index is -3.32. The van der Waals surface area contributed by atoms with E-state index in [2.05, 4.69) is 20.3 Å². The fraction of sp³-hybridized carbons (Fsp3) is 0.583. The summed E-state index contributed by atoms with van der Waals surface area (Å²) >= 11 is 0. The summed E-state index contributed by atoms with van der Waals surface area (Å²) in [5.74, 6) is 1.06. The molecule has 1 N–H and O–H groups in total. The van der Waals surface area contributed by atoms with Crippen molar-refractivity contribution in [3.8, 4) is 5.88 Å². The van der Waals surface area contributed by atoms with Gasteiger partial charge in [-0.05, 0) is 58.6 Å². The van der Waals surface area contributed by atoms with Crippen LogP contribution >= 0.6 is 0 Å². The van der Waals surface area contributed by atoms with Crippen molar-refractivity contribution in [3.05, 3.63) is 30.2 Å². The molecular weight excluding hydrogens is 470 g/mol. The van der Waals surface area contributed by atoms with Crippen molar-refractivity contribution in [3.63, 3.8) is 0 Å². The Morgan fingerprint density at radius 3 is 2.40 bits per heavy atom. The molecule has 1 saturated carbocycles. The third kappa shape index (κ3) is 4.91. The van der Waals surface area contributed by atoms with Gasteiger partial charge in [-0.2, -0.15) is 0 Å². The summed E-state index contributed by atoms with van der Waals surface area (Å²) in [7, 11) is -3.32. The summed E-state index contributed by atoms with van der Waals surface area (Å²) in [6, 6.07) is 3.44. The molecule has 3 fully saturated rings. The van der Waals surface area contributed by atoms with E-state index in [9.17, 15) is 13.2 Å². The number of amides is 1. The fourth-order valence-electron chi connectivity index (χ4n) is 4.93. The number of carbonyl (C=O) groups excluding carboxylic acids is 1. The molecule has 35 heavy (non-hydrogen) atoms. The van der Waals surface area contributed by atoms with E-state index in [1.807, 2.05) is 25.7 Å². The quantitative estimate of drug-likeness (QED) is 0.603. The number of hydrogen-bond acceptors (Lipinski definition) is 9. The second-order valence-corrected chi connectivity index (χ2v) is 12.0. The number of rotatable bonds is 7. The largest absolute Gasteiger partial charge is 0.474 e. The van der Waals surface area contributed by atoms with Crippen LogP contribution in [0.2, 0.25) is 0 Å². The van der Waals surface area contributed by atoms with Gasteiger partial charge in [0.05, 0.1) is 28.8 Å². The topological polar surface area (TPSA) is 124 Å². The van der Waals surface area contributed by atoms with Crippen LogP contribution in [0.4, 0.5) is 16.3 Å². The summed E-state index contributed by atoms with van der Waals surface area (Å²) in [6.45, 7) is 5.60. The van der Waals surface area contributed by atoms with Crippen molar-refractivity contribution in [1.29, 1.82) is 0 Å². The lowest BCUT2D eigenvalue weighted by molar-refractivity contribution is 0.0207. The summed E-state index contributed by atoms with van der Waals surface area (Å²) < 4.78 is 36.4. The molecule has 2 aliphatic heterocycles. The minimum absolute atomic E-state index is 0.0503. The van der Waals surface area contributed by atoms with Gasteiger partial charge in [0, 0.05) is 24.9 Å². The van der Waals surface area contributed by atoms with E-state index in [4.69, 9.17) is 9.47 Å². The molecule has 0 radical (unpaired) electrons. The molecule has 3 aliphatic rings. The first-order valence-corrected chi connectivity index (χ1v) is 13.7. The van der Waals surface area contributed by atoms with Gasteiger partial charge in [-0.3, -0.25) is 0 Å². The molecule has 1 amide bonds. The van der Waals surface area contributed by atoms with Gasteiger partial charge < -0.3 is 19.7 Å². The SMILES string of the molecule is Cc1c(Nc2ccc(S(=O)(=O)C3CC3)nc2)ncnc1O[C@H]1CC2CC[C@@H](C1)N2C(=O)OC(C)C. The first-order chi connectivity index (χ1) is 16.7. The van der Waals surface area contributed by atoms with E-state index in [1.165, 1.54) is 18.6 Å². The maximum Gasteiger partial charge on any atom is 0.410 e. The molecule has 2 aromatic heterocycles. The van der Waals surface area contributed by atoms with Gasteiger partial charge in [0.25, 0.3) is 0 Å². The van der Waals surface area contributed by atoms with E-state index in [1.54, 1.807) is 6.07 Å². The molecule has 10 nitrogen and oxygen atoms in total. The van der Waals surface area contributed by atoms with Gasteiger partial charge in [0.15, 0.2) is 14.9 Å². The average Bonchev–Trinajstić information content (AvgIpc) is 3.62. The summed E-state index contributed by atoms with van der Waals surface area (Å²) in [5.41, 5.74) is 1.37. The van der Waals surface area contributed by atoms with Crippen LogP contribution < -0.4 is 10.1 Å². The Bertz CT molecular complexity index is 1190. The van der Waals surface area contributed by atoms with Crippen LogP contribution in [0.3, 0.4) is 0 Å². The number of ether oxygens (including phenoxy) is 2. The fourth-order valence-corrected chi connectivity index (χ4v) is 6.48. The minimum Gasteiger partial charge on any atom is -0.474 e. The number of anilines is 2. The number of carbonyl (C=O) groups is 1. The summed E-state index contributed by atoms with van der Waals surface area (Å²) in [6.07, 6.45) is 7.29. The Kier molecular flexibility index (Phi) is 6.29. The maximum atomic E-state index is 12.5. The molecule has 11 heteroatoms. The van der Waals surface area contributed by atoms with Crippen molar-refractivity contribution < 1.29 is 22.7 Å². The third-order valence-corrected chi connectivity index (χ3v) is 8.98. The molecule has 188 valence electrons. The van der Waals surface area contributed by atoms with Crippen molar-refractivity contribution in [2.24, 2.45) is 0 Å². The molecule has 3 atom stereocenters. The van der Waals surface area contributed by atoms with Crippen molar-refractivity contribution in [2.75, 3.05) is 5.32 Å². The number of fused-ring (bicyclic) bond motifs is 2. The van der Waals surface area contributed by atoms with Crippen molar-refractivity contribution in [1.82, 2.24) is 19.9 Å². The highest BCUT2D eigenvalue weighted by Gasteiger charge is 2.45.